The van der Waals surface area contributed by atoms with Crippen molar-refractivity contribution in [2.24, 2.45) is 0 Å². The molecule has 0 heterocycles. The fourth-order valence-electron chi connectivity index (χ4n) is 9.85. The van der Waals surface area contributed by atoms with Crippen molar-refractivity contribution in [3.05, 3.63) is 85.1 Å². The Hall–Kier alpha value is -3.41. The average molecular weight is 1100 g/mol. The number of esters is 3. The van der Waals surface area contributed by atoms with E-state index in [1.807, 2.05) is 0 Å². The number of hydrogen-bond acceptors (Lipinski definition) is 6. The lowest BCUT2D eigenvalue weighted by atomic mass is 10.0. The van der Waals surface area contributed by atoms with Crippen molar-refractivity contribution >= 4 is 17.9 Å². The van der Waals surface area contributed by atoms with Crippen LogP contribution in [-0.4, -0.2) is 37.2 Å². The van der Waals surface area contributed by atoms with Crippen molar-refractivity contribution in [1.29, 1.82) is 0 Å². The average Bonchev–Trinajstić information content (AvgIpc) is 3.45. The lowest BCUT2D eigenvalue weighted by Gasteiger charge is -2.18. The molecule has 0 amide bonds. The predicted molar refractivity (Wildman–Crippen MR) is 344 cm³/mol. The molecule has 1 unspecified atom stereocenters. The molecule has 456 valence electrons. The number of carbonyl (C=O) groups is 3. The van der Waals surface area contributed by atoms with Gasteiger partial charge >= 0.3 is 17.9 Å². The molecule has 0 fully saturated rings. The minimum Gasteiger partial charge on any atom is -0.462 e. The molecule has 0 aliphatic rings. The van der Waals surface area contributed by atoms with E-state index in [0.29, 0.717) is 19.3 Å². The fraction of sp³-hybridized carbons (Fsp3) is 0.767. The van der Waals surface area contributed by atoms with Crippen molar-refractivity contribution in [1.82, 2.24) is 0 Å². The Kier molecular flexibility index (Phi) is 64.2. The van der Waals surface area contributed by atoms with Gasteiger partial charge < -0.3 is 14.2 Å². The van der Waals surface area contributed by atoms with Crippen LogP contribution in [0.15, 0.2) is 85.1 Å². The molecule has 6 heteroatoms. The third-order valence-electron chi connectivity index (χ3n) is 14.9. The Morgan fingerprint density at radius 3 is 0.772 bits per heavy atom. The van der Waals surface area contributed by atoms with Gasteiger partial charge in [-0.1, -0.05) is 337 Å². The number of rotatable bonds is 62. The van der Waals surface area contributed by atoms with Gasteiger partial charge in [-0.15, -0.1) is 0 Å². The normalized spacial score (nSPS) is 12.6. The Bertz CT molecular complexity index is 1500. The van der Waals surface area contributed by atoms with Gasteiger partial charge in [-0.3, -0.25) is 14.4 Å². The molecule has 0 aromatic carbocycles. The molecule has 0 N–H and O–H groups in total. The lowest BCUT2D eigenvalue weighted by molar-refractivity contribution is -0.167. The minimum absolute atomic E-state index is 0.0898. The molecule has 0 bridgehead atoms. The maximum atomic E-state index is 12.9. The summed E-state index contributed by atoms with van der Waals surface area (Å²) in [4.78, 5) is 38.4. The first-order chi connectivity index (χ1) is 39.0. The zero-order valence-corrected chi connectivity index (χ0v) is 52.4. The molecule has 0 aromatic heterocycles. The molecule has 0 radical (unpaired) electrons. The summed E-state index contributed by atoms with van der Waals surface area (Å²) in [7, 11) is 0. The molecule has 79 heavy (non-hydrogen) atoms. The molecule has 0 rings (SSSR count). The topological polar surface area (TPSA) is 78.9 Å². The van der Waals surface area contributed by atoms with Gasteiger partial charge in [0.15, 0.2) is 6.10 Å². The molecule has 1 atom stereocenters. The SMILES string of the molecule is CC/C=C\C/C=C\C/C=C\C/C=C\C/C=C\C/C=C\C/C=C\CCCC(=O)OCC(COC(=O)CCCCCCCCCCCCCCCCCCCCC)OC(=O)CCCCCCCCCCCCCCCCCCCCC. The number of carbonyl (C=O) groups excluding carboxylic acids is 3. The molecule has 0 saturated carbocycles. The third kappa shape index (κ3) is 65.3. The molecular formula is C73H128O6. The summed E-state index contributed by atoms with van der Waals surface area (Å²) < 4.78 is 16.9. The van der Waals surface area contributed by atoms with Gasteiger partial charge in [0.2, 0.25) is 0 Å². The first kappa shape index (κ1) is 75.6. The minimum atomic E-state index is -0.799. The Balaban J connectivity index is 4.44. The first-order valence-corrected chi connectivity index (χ1v) is 34.1. The van der Waals surface area contributed by atoms with E-state index in [4.69, 9.17) is 14.2 Å². The number of unbranched alkanes of at least 4 members (excludes halogenated alkanes) is 37. The molecule has 0 spiro atoms. The maximum Gasteiger partial charge on any atom is 0.306 e. The molecule has 0 aromatic rings. The monoisotopic (exact) mass is 1100 g/mol. The van der Waals surface area contributed by atoms with Gasteiger partial charge in [0.25, 0.3) is 0 Å². The summed E-state index contributed by atoms with van der Waals surface area (Å²) in [5.41, 5.74) is 0. The van der Waals surface area contributed by atoms with E-state index in [2.05, 4.69) is 106 Å². The summed E-state index contributed by atoms with van der Waals surface area (Å²) in [6.07, 6.45) is 88.9. The van der Waals surface area contributed by atoms with E-state index in [1.54, 1.807) is 0 Å². The zero-order valence-electron chi connectivity index (χ0n) is 52.4. The van der Waals surface area contributed by atoms with E-state index >= 15 is 0 Å². The second kappa shape index (κ2) is 67.1. The van der Waals surface area contributed by atoms with Crippen LogP contribution < -0.4 is 0 Å². The highest BCUT2D eigenvalue weighted by atomic mass is 16.6. The second-order valence-corrected chi connectivity index (χ2v) is 22.7. The maximum absolute atomic E-state index is 12.9. The van der Waals surface area contributed by atoms with Crippen LogP contribution in [0.3, 0.4) is 0 Å². The van der Waals surface area contributed by atoms with Crippen LogP contribution in [0.4, 0.5) is 0 Å². The van der Waals surface area contributed by atoms with Crippen LogP contribution >= 0.6 is 0 Å². The largest absolute Gasteiger partial charge is 0.462 e. The van der Waals surface area contributed by atoms with Gasteiger partial charge in [-0.25, -0.2) is 0 Å². The van der Waals surface area contributed by atoms with E-state index in [-0.39, 0.29) is 37.5 Å². The van der Waals surface area contributed by atoms with Crippen LogP contribution in [0.2, 0.25) is 0 Å². The quantitative estimate of drug-likeness (QED) is 0.0261. The van der Waals surface area contributed by atoms with Crippen LogP contribution in [0, 0.1) is 0 Å². The predicted octanol–water partition coefficient (Wildman–Crippen LogP) is 23.4. The highest BCUT2D eigenvalue weighted by Crippen LogP contribution is 2.18. The Labute approximate surface area is 490 Å². The zero-order chi connectivity index (χ0) is 57.1. The number of ether oxygens (including phenoxy) is 3. The van der Waals surface area contributed by atoms with Gasteiger partial charge in [0.1, 0.15) is 13.2 Å². The summed E-state index contributed by atoms with van der Waals surface area (Å²) >= 11 is 0. The Morgan fingerprint density at radius 2 is 0.494 bits per heavy atom. The summed E-state index contributed by atoms with van der Waals surface area (Å²) in [6.45, 7) is 6.54. The molecule has 0 aliphatic carbocycles. The van der Waals surface area contributed by atoms with Crippen LogP contribution in [0.25, 0.3) is 0 Å². The molecule has 6 nitrogen and oxygen atoms in total. The first-order valence-electron chi connectivity index (χ1n) is 34.1. The van der Waals surface area contributed by atoms with Crippen LogP contribution in [0.1, 0.15) is 342 Å². The molecular weight excluding hydrogens is 973 g/mol. The fourth-order valence-corrected chi connectivity index (χ4v) is 9.85. The number of allylic oxidation sites excluding steroid dienone is 14. The van der Waals surface area contributed by atoms with Gasteiger partial charge in [0.05, 0.1) is 0 Å². The van der Waals surface area contributed by atoms with E-state index in [9.17, 15) is 14.4 Å². The Morgan fingerprint density at radius 1 is 0.266 bits per heavy atom. The standard InChI is InChI=1S/C73H128O6/c1-4-7-10-13-16-19-22-25-28-31-34-35-36-37-40-42-45-48-51-54-57-60-63-66-72(75)78-69-70(79-73(76)67-64-61-58-55-52-49-46-43-39-33-30-27-24-21-18-15-12-9-6-3)68-77-71(74)65-62-59-56-53-50-47-44-41-38-32-29-26-23-20-17-14-11-8-5-2/h7,10,16,19,25,28,34-35,37,40,45,48,54,57,70H,4-6,8-9,11-15,17-18,20-24,26-27,29-33,36,38-39,41-44,46-47,49-53,55-56,58-69H2,1-3H3/b10-7-,19-16-,28-25-,35-34-,40-37-,48-45-,57-54-. The van der Waals surface area contributed by atoms with Crippen molar-refractivity contribution in [2.45, 2.75) is 348 Å². The second-order valence-electron chi connectivity index (χ2n) is 22.7. The lowest BCUT2D eigenvalue weighted by Crippen LogP contribution is -2.30. The van der Waals surface area contributed by atoms with Gasteiger partial charge in [-0.05, 0) is 70.6 Å². The number of hydrogen-bond donors (Lipinski definition) is 0. The van der Waals surface area contributed by atoms with Crippen molar-refractivity contribution in [3.63, 3.8) is 0 Å². The molecule has 0 saturated heterocycles. The van der Waals surface area contributed by atoms with Crippen molar-refractivity contribution in [3.8, 4) is 0 Å². The van der Waals surface area contributed by atoms with Crippen LogP contribution in [0.5, 0.6) is 0 Å². The van der Waals surface area contributed by atoms with E-state index in [1.165, 1.54) is 205 Å². The summed E-state index contributed by atoms with van der Waals surface area (Å²) in [6, 6.07) is 0. The van der Waals surface area contributed by atoms with Crippen LogP contribution in [-0.2, 0) is 28.6 Å². The van der Waals surface area contributed by atoms with E-state index < -0.39 is 6.10 Å². The van der Waals surface area contributed by atoms with E-state index in [0.717, 1.165) is 89.9 Å². The summed E-state index contributed by atoms with van der Waals surface area (Å²) in [5.74, 6) is -0.931. The van der Waals surface area contributed by atoms with Gasteiger partial charge in [-0.2, -0.15) is 0 Å². The summed E-state index contributed by atoms with van der Waals surface area (Å²) in [5, 5.41) is 0. The smallest absolute Gasteiger partial charge is 0.306 e. The highest BCUT2D eigenvalue weighted by Gasteiger charge is 2.19. The van der Waals surface area contributed by atoms with Crippen molar-refractivity contribution in [2.75, 3.05) is 13.2 Å². The van der Waals surface area contributed by atoms with Crippen molar-refractivity contribution < 1.29 is 28.6 Å². The third-order valence-corrected chi connectivity index (χ3v) is 14.9. The molecule has 0 aliphatic heterocycles. The van der Waals surface area contributed by atoms with Gasteiger partial charge in [0, 0.05) is 19.3 Å². The highest BCUT2D eigenvalue weighted by molar-refractivity contribution is 5.71.